The Hall–Kier alpha value is -2.63. The summed E-state index contributed by atoms with van der Waals surface area (Å²) in [5.74, 6) is -0.763. The Labute approximate surface area is 154 Å². The van der Waals surface area contributed by atoms with Gasteiger partial charge in [-0.25, -0.2) is 0 Å². The smallest absolute Gasteiger partial charge is 0.306 e. The standard InChI is InChI=1S/C20H26N2O4/c1-14-19(16-10-6-4-7-11-16)26-18(24)13-9-5-8-12-17(21-15(2)23)20(25)22(14)3/h4-8,10-11,14,17,19H,9,12-13H2,1-3H3,(H,21,23)/b8-5-/t14-,17-,19+/m1/s1. The molecule has 0 spiro atoms. The molecule has 3 atom stereocenters. The summed E-state index contributed by atoms with van der Waals surface area (Å²) in [6.07, 6.45) is 4.28. The van der Waals surface area contributed by atoms with Gasteiger partial charge in [0.1, 0.15) is 12.1 Å². The number of ether oxygens (including phenoxy) is 1. The normalized spacial score (nSPS) is 26.3. The Morgan fingerprint density at radius 2 is 1.88 bits per heavy atom. The quantitative estimate of drug-likeness (QED) is 0.650. The van der Waals surface area contributed by atoms with E-state index >= 15 is 0 Å². The summed E-state index contributed by atoms with van der Waals surface area (Å²) in [6.45, 7) is 3.24. The topological polar surface area (TPSA) is 75.7 Å². The van der Waals surface area contributed by atoms with Crippen LogP contribution in [-0.4, -0.2) is 41.8 Å². The molecule has 0 unspecified atom stereocenters. The minimum atomic E-state index is -0.636. The maximum atomic E-state index is 12.9. The van der Waals surface area contributed by atoms with E-state index in [0.29, 0.717) is 12.8 Å². The molecular weight excluding hydrogens is 332 g/mol. The number of benzene rings is 1. The zero-order valence-electron chi connectivity index (χ0n) is 15.5. The van der Waals surface area contributed by atoms with Crippen LogP contribution >= 0.6 is 0 Å². The number of nitrogens with zero attached hydrogens (tertiary/aromatic N) is 1. The number of esters is 1. The van der Waals surface area contributed by atoms with E-state index in [-0.39, 0.29) is 30.2 Å². The molecule has 140 valence electrons. The third kappa shape index (κ3) is 5.18. The minimum absolute atomic E-state index is 0.213. The third-order valence-electron chi connectivity index (χ3n) is 4.51. The maximum Gasteiger partial charge on any atom is 0.306 e. The van der Waals surface area contributed by atoms with E-state index in [4.69, 9.17) is 4.74 Å². The Morgan fingerprint density at radius 3 is 2.54 bits per heavy atom. The van der Waals surface area contributed by atoms with Gasteiger partial charge in [-0.1, -0.05) is 42.5 Å². The lowest BCUT2D eigenvalue weighted by Gasteiger charge is -2.34. The molecule has 6 nitrogen and oxygen atoms in total. The average Bonchev–Trinajstić information content (AvgIpc) is 2.62. The van der Waals surface area contributed by atoms with Crippen molar-refractivity contribution in [3.05, 3.63) is 48.0 Å². The molecule has 26 heavy (non-hydrogen) atoms. The van der Waals surface area contributed by atoms with Gasteiger partial charge >= 0.3 is 5.97 Å². The molecule has 2 rings (SSSR count). The molecule has 0 saturated carbocycles. The molecule has 1 aromatic carbocycles. The molecular formula is C20H26N2O4. The van der Waals surface area contributed by atoms with Crippen LogP contribution in [0.1, 0.15) is 44.8 Å². The SMILES string of the molecule is CC(=O)N[C@@H]1C/C=C\CCC(=O)O[C@H](c2ccccc2)[C@@H](C)N(C)C1=O. The summed E-state index contributed by atoms with van der Waals surface area (Å²) in [5, 5.41) is 2.71. The van der Waals surface area contributed by atoms with Gasteiger partial charge in [0.25, 0.3) is 0 Å². The molecule has 0 bridgehead atoms. The van der Waals surface area contributed by atoms with E-state index < -0.39 is 12.1 Å². The van der Waals surface area contributed by atoms with Crippen molar-refractivity contribution in [3.8, 4) is 0 Å². The lowest BCUT2D eigenvalue weighted by atomic mass is 10.0. The lowest BCUT2D eigenvalue weighted by Crippen LogP contribution is -2.50. The van der Waals surface area contributed by atoms with Gasteiger partial charge in [0.15, 0.2) is 0 Å². The van der Waals surface area contributed by atoms with Crippen LogP contribution in [0.15, 0.2) is 42.5 Å². The van der Waals surface area contributed by atoms with Crippen molar-refractivity contribution < 1.29 is 19.1 Å². The van der Waals surface area contributed by atoms with Gasteiger partial charge in [-0.3, -0.25) is 14.4 Å². The van der Waals surface area contributed by atoms with E-state index in [1.807, 2.05) is 49.4 Å². The summed E-state index contributed by atoms with van der Waals surface area (Å²) in [7, 11) is 1.67. The van der Waals surface area contributed by atoms with Crippen LogP contribution in [0.3, 0.4) is 0 Å². The lowest BCUT2D eigenvalue weighted by molar-refractivity contribution is -0.156. The molecule has 1 aliphatic heterocycles. The number of amides is 2. The van der Waals surface area contributed by atoms with E-state index in [9.17, 15) is 14.4 Å². The highest BCUT2D eigenvalue weighted by molar-refractivity contribution is 5.87. The van der Waals surface area contributed by atoms with E-state index in [1.165, 1.54) is 6.92 Å². The molecule has 0 fully saturated rings. The fraction of sp³-hybridized carbons (Fsp3) is 0.450. The average molecular weight is 358 g/mol. The molecule has 1 aliphatic rings. The second kappa shape index (κ2) is 9.17. The molecule has 1 heterocycles. The van der Waals surface area contributed by atoms with Gasteiger partial charge in [0.05, 0.1) is 6.04 Å². The van der Waals surface area contributed by atoms with Gasteiger partial charge in [-0.2, -0.15) is 0 Å². The maximum absolute atomic E-state index is 12.9. The second-order valence-corrected chi connectivity index (χ2v) is 6.51. The number of rotatable bonds is 2. The van der Waals surface area contributed by atoms with Gasteiger partial charge in [-0.05, 0) is 25.3 Å². The molecule has 6 heteroatoms. The Bertz CT molecular complexity index is 672. The summed E-state index contributed by atoms with van der Waals surface area (Å²) in [4.78, 5) is 38.1. The van der Waals surface area contributed by atoms with Gasteiger partial charge in [0, 0.05) is 20.4 Å². The third-order valence-corrected chi connectivity index (χ3v) is 4.51. The van der Waals surface area contributed by atoms with E-state index in [1.54, 1.807) is 11.9 Å². The molecule has 0 radical (unpaired) electrons. The van der Waals surface area contributed by atoms with Crippen molar-refractivity contribution in [1.29, 1.82) is 0 Å². The number of carbonyl (C=O) groups excluding carboxylic acids is 3. The number of allylic oxidation sites excluding steroid dienone is 1. The highest BCUT2D eigenvalue weighted by Gasteiger charge is 2.32. The van der Waals surface area contributed by atoms with Gasteiger partial charge < -0.3 is 15.0 Å². The predicted octanol–water partition coefficient (Wildman–Crippen LogP) is 2.36. The molecule has 2 amide bonds. The fourth-order valence-electron chi connectivity index (χ4n) is 2.96. The van der Waals surface area contributed by atoms with Crippen molar-refractivity contribution in [2.24, 2.45) is 0 Å². The first-order valence-electron chi connectivity index (χ1n) is 8.83. The van der Waals surface area contributed by atoms with Crippen LogP contribution in [0.5, 0.6) is 0 Å². The van der Waals surface area contributed by atoms with Gasteiger partial charge in [-0.15, -0.1) is 0 Å². The number of nitrogens with one attached hydrogen (secondary N) is 1. The second-order valence-electron chi connectivity index (χ2n) is 6.51. The van der Waals surface area contributed by atoms with Gasteiger partial charge in [0.2, 0.25) is 11.8 Å². The van der Waals surface area contributed by atoms with Crippen LogP contribution in [0.25, 0.3) is 0 Å². The van der Waals surface area contributed by atoms with Crippen LogP contribution in [-0.2, 0) is 19.1 Å². The number of likely N-dealkylation sites (N-methyl/N-ethyl adjacent to an activating group) is 1. The summed E-state index contributed by atoms with van der Waals surface area (Å²) in [5.41, 5.74) is 0.830. The number of hydrogen-bond acceptors (Lipinski definition) is 4. The minimum Gasteiger partial charge on any atom is -0.455 e. The fourth-order valence-corrected chi connectivity index (χ4v) is 2.96. The monoisotopic (exact) mass is 358 g/mol. The van der Waals surface area contributed by atoms with Crippen LogP contribution in [0.2, 0.25) is 0 Å². The summed E-state index contributed by atoms with van der Waals surface area (Å²) < 4.78 is 5.70. The van der Waals surface area contributed by atoms with Crippen molar-refractivity contribution in [3.63, 3.8) is 0 Å². The summed E-state index contributed by atoms with van der Waals surface area (Å²) >= 11 is 0. The predicted molar refractivity (Wildman–Crippen MR) is 98.1 cm³/mol. The zero-order valence-corrected chi connectivity index (χ0v) is 15.5. The molecule has 0 aliphatic carbocycles. The first-order valence-corrected chi connectivity index (χ1v) is 8.83. The molecule has 0 aromatic heterocycles. The number of hydrogen-bond donors (Lipinski definition) is 1. The largest absolute Gasteiger partial charge is 0.455 e. The molecule has 1 aromatic rings. The highest BCUT2D eigenvalue weighted by Crippen LogP contribution is 2.26. The Balaban J connectivity index is 2.34. The zero-order chi connectivity index (χ0) is 19.1. The number of cyclic esters (lactones) is 1. The first-order chi connectivity index (χ1) is 12.4. The first kappa shape index (κ1) is 19.7. The van der Waals surface area contributed by atoms with Crippen LogP contribution < -0.4 is 5.32 Å². The van der Waals surface area contributed by atoms with E-state index in [0.717, 1.165) is 5.56 Å². The Kier molecular flexibility index (Phi) is 6.95. The van der Waals surface area contributed by atoms with Crippen molar-refractivity contribution in [2.45, 2.75) is 51.3 Å². The van der Waals surface area contributed by atoms with Crippen LogP contribution in [0, 0.1) is 0 Å². The van der Waals surface area contributed by atoms with Crippen molar-refractivity contribution in [1.82, 2.24) is 10.2 Å². The van der Waals surface area contributed by atoms with Crippen molar-refractivity contribution in [2.75, 3.05) is 7.05 Å². The molecule has 1 N–H and O–H groups in total. The van der Waals surface area contributed by atoms with Crippen molar-refractivity contribution >= 4 is 17.8 Å². The van der Waals surface area contributed by atoms with E-state index in [2.05, 4.69) is 5.32 Å². The highest BCUT2D eigenvalue weighted by atomic mass is 16.5. The molecule has 0 saturated heterocycles. The Morgan fingerprint density at radius 1 is 1.19 bits per heavy atom. The summed E-state index contributed by atoms with van der Waals surface area (Å²) in [6, 6.07) is 8.37. The van der Waals surface area contributed by atoms with Crippen LogP contribution in [0.4, 0.5) is 0 Å². The number of carbonyl (C=O) groups is 3.